The minimum Gasteiger partial charge on any atom is -0.494 e. The second-order valence-corrected chi connectivity index (χ2v) is 9.48. The van der Waals surface area contributed by atoms with E-state index in [9.17, 15) is 18.3 Å². The van der Waals surface area contributed by atoms with Gasteiger partial charge in [0.2, 0.25) is 10.0 Å². The van der Waals surface area contributed by atoms with Gasteiger partial charge in [-0.15, -0.1) is 0 Å². The van der Waals surface area contributed by atoms with Crippen LogP contribution in [0.25, 0.3) is 0 Å². The van der Waals surface area contributed by atoms with Crippen LogP contribution in [0.3, 0.4) is 0 Å². The van der Waals surface area contributed by atoms with Gasteiger partial charge in [0.05, 0.1) is 30.2 Å². The molecule has 2 aromatic rings. The third-order valence-corrected chi connectivity index (χ3v) is 7.04. The molecule has 168 valence electrons. The maximum atomic E-state index is 13.1. The first-order chi connectivity index (χ1) is 14.8. The molecule has 1 aliphatic rings. The summed E-state index contributed by atoms with van der Waals surface area (Å²) in [5.74, 6) is 0.0500. The maximum absolute atomic E-state index is 13.1. The van der Waals surface area contributed by atoms with E-state index >= 15 is 0 Å². The molecule has 1 heterocycles. The number of amides is 1. The Hall–Kier alpha value is -2.62. The molecule has 1 saturated heterocycles. The van der Waals surface area contributed by atoms with E-state index < -0.39 is 28.1 Å². The fraction of sp³-hybridized carbons (Fsp3) is 0.409. The van der Waals surface area contributed by atoms with Crippen molar-refractivity contribution in [3.05, 3.63) is 59.7 Å². The van der Waals surface area contributed by atoms with Crippen LogP contribution in [0, 0.1) is 0 Å². The highest BCUT2D eigenvalue weighted by Crippen LogP contribution is 2.29. The third-order valence-electron chi connectivity index (χ3n) is 5.17. The van der Waals surface area contributed by atoms with E-state index in [2.05, 4.69) is 5.32 Å². The van der Waals surface area contributed by atoms with E-state index in [1.54, 1.807) is 12.1 Å². The molecule has 2 aromatic carbocycles. The van der Waals surface area contributed by atoms with Crippen molar-refractivity contribution in [3.8, 4) is 5.75 Å². The maximum Gasteiger partial charge on any atom is 0.251 e. The van der Waals surface area contributed by atoms with E-state index in [1.165, 1.54) is 10.4 Å². The topological polar surface area (TPSA) is 122 Å². The first-order valence-electron chi connectivity index (χ1n) is 10.3. The second kappa shape index (κ2) is 10.1. The van der Waals surface area contributed by atoms with E-state index in [-0.39, 0.29) is 17.9 Å². The Morgan fingerprint density at radius 1 is 1.26 bits per heavy atom. The molecule has 1 aliphatic heterocycles. The van der Waals surface area contributed by atoms with Crippen molar-refractivity contribution in [2.45, 2.75) is 31.9 Å². The lowest BCUT2D eigenvalue weighted by atomic mass is 10.0. The van der Waals surface area contributed by atoms with Crippen LogP contribution >= 0.6 is 0 Å². The Balaban J connectivity index is 1.87. The van der Waals surface area contributed by atoms with Gasteiger partial charge in [0.1, 0.15) is 5.75 Å². The monoisotopic (exact) mass is 447 g/mol. The van der Waals surface area contributed by atoms with Crippen LogP contribution in [-0.4, -0.2) is 57.0 Å². The van der Waals surface area contributed by atoms with Gasteiger partial charge in [0, 0.05) is 24.7 Å². The Labute approximate surface area is 183 Å². The zero-order valence-corrected chi connectivity index (χ0v) is 18.3. The Morgan fingerprint density at radius 3 is 2.61 bits per heavy atom. The number of hydrogen-bond acceptors (Lipinski definition) is 6. The van der Waals surface area contributed by atoms with Gasteiger partial charge in [-0.2, -0.15) is 0 Å². The lowest BCUT2D eigenvalue weighted by Gasteiger charge is -2.24. The molecule has 0 bridgehead atoms. The lowest BCUT2D eigenvalue weighted by Crippen LogP contribution is -2.47. The number of carbonyl (C=O) groups excluding carboxylic acids is 1. The molecule has 0 radical (unpaired) electrons. The summed E-state index contributed by atoms with van der Waals surface area (Å²) in [5, 5.41) is 13.2. The van der Waals surface area contributed by atoms with E-state index in [4.69, 9.17) is 10.5 Å². The van der Waals surface area contributed by atoms with Gasteiger partial charge >= 0.3 is 0 Å². The second-order valence-electron chi connectivity index (χ2n) is 7.46. The Kier molecular flexibility index (Phi) is 7.53. The molecule has 4 N–H and O–H groups in total. The van der Waals surface area contributed by atoms with Crippen molar-refractivity contribution in [1.29, 1.82) is 0 Å². The van der Waals surface area contributed by atoms with Crippen LogP contribution in [0.15, 0.2) is 48.5 Å². The number of sulfonamides is 1. The Morgan fingerprint density at radius 2 is 2.00 bits per heavy atom. The van der Waals surface area contributed by atoms with Gasteiger partial charge in [-0.3, -0.25) is 9.10 Å². The lowest BCUT2D eigenvalue weighted by molar-refractivity contribution is 0.0845. The third kappa shape index (κ3) is 5.75. The number of nitrogens with two attached hydrogens (primary N) is 1. The van der Waals surface area contributed by atoms with Gasteiger partial charge in [-0.25, -0.2) is 8.42 Å². The summed E-state index contributed by atoms with van der Waals surface area (Å²) in [6, 6.07) is 13.6. The van der Waals surface area contributed by atoms with E-state index in [0.29, 0.717) is 37.4 Å². The minimum absolute atomic E-state index is 0.00592. The molecule has 0 aliphatic carbocycles. The van der Waals surface area contributed by atoms with Gasteiger partial charge in [-0.05, 0) is 37.5 Å². The number of aliphatic hydroxyl groups is 1. The largest absolute Gasteiger partial charge is 0.494 e. The molecule has 0 saturated carbocycles. The summed E-state index contributed by atoms with van der Waals surface area (Å²) in [7, 11) is -3.41. The standard InChI is InChI=1S/C22H29N3O5S/c1-2-30-19-13-17(12-18(14-19)25-9-6-10-31(25,28)29)22(27)24-20(21(26)15-23)11-16-7-4-3-5-8-16/h3-5,7-8,12-14,20-21,26H,2,6,9-11,15,23H2,1H3,(H,24,27)/t20-,21+/m0/s1. The average Bonchev–Trinajstić information content (AvgIpc) is 3.12. The SMILES string of the molecule is CCOc1cc(C(=O)N[C@@H](Cc2ccccc2)[C@H](O)CN)cc(N2CCCS2(=O)=O)c1. The van der Waals surface area contributed by atoms with Gasteiger partial charge in [-0.1, -0.05) is 30.3 Å². The summed E-state index contributed by atoms with van der Waals surface area (Å²) >= 11 is 0. The zero-order chi connectivity index (χ0) is 22.4. The fourth-order valence-corrected chi connectivity index (χ4v) is 5.15. The fourth-order valence-electron chi connectivity index (χ4n) is 3.61. The smallest absolute Gasteiger partial charge is 0.251 e. The van der Waals surface area contributed by atoms with Crippen LogP contribution in [0.1, 0.15) is 29.3 Å². The van der Waals surface area contributed by atoms with Crippen molar-refractivity contribution in [3.63, 3.8) is 0 Å². The first kappa shape index (κ1) is 23.1. The highest BCUT2D eigenvalue weighted by molar-refractivity contribution is 7.93. The summed E-state index contributed by atoms with van der Waals surface area (Å²) in [5.41, 5.74) is 7.25. The number of rotatable bonds is 9. The van der Waals surface area contributed by atoms with Crippen LogP contribution in [0.5, 0.6) is 5.75 Å². The number of carbonyl (C=O) groups is 1. The number of ether oxygens (including phenoxy) is 1. The number of hydrogen-bond donors (Lipinski definition) is 3. The van der Waals surface area contributed by atoms with Crippen molar-refractivity contribution in [2.75, 3.05) is 29.8 Å². The number of benzene rings is 2. The average molecular weight is 448 g/mol. The molecule has 31 heavy (non-hydrogen) atoms. The summed E-state index contributed by atoms with van der Waals surface area (Å²) < 4.78 is 31.6. The predicted octanol–water partition coefficient (Wildman–Crippen LogP) is 1.29. The molecule has 2 atom stereocenters. The zero-order valence-electron chi connectivity index (χ0n) is 17.5. The van der Waals surface area contributed by atoms with Crippen molar-refractivity contribution in [1.82, 2.24) is 5.32 Å². The van der Waals surface area contributed by atoms with Crippen LogP contribution < -0.4 is 20.1 Å². The van der Waals surface area contributed by atoms with Gasteiger partial charge < -0.3 is 20.9 Å². The summed E-state index contributed by atoms with van der Waals surface area (Å²) in [4.78, 5) is 13.1. The number of aliphatic hydroxyl groups excluding tert-OH is 1. The molecule has 0 unspecified atom stereocenters. The molecular formula is C22H29N3O5S. The van der Waals surface area contributed by atoms with Crippen LogP contribution in [-0.2, 0) is 16.4 Å². The summed E-state index contributed by atoms with van der Waals surface area (Å²) in [6.07, 6.45) is 0.00580. The minimum atomic E-state index is -3.41. The quantitative estimate of drug-likeness (QED) is 0.532. The summed E-state index contributed by atoms with van der Waals surface area (Å²) in [6.45, 7) is 2.54. The number of anilines is 1. The van der Waals surface area contributed by atoms with E-state index in [0.717, 1.165) is 5.56 Å². The van der Waals surface area contributed by atoms with Gasteiger partial charge in [0.25, 0.3) is 5.91 Å². The molecule has 0 spiro atoms. The van der Waals surface area contributed by atoms with Gasteiger partial charge in [0.15, 0.2) is 0 Å². The first-order valence-corrected chi connectivity index (χ1v) is 12.0. The highest BCUT2D eigenvalue weighted by atomic mass is 32.2. The Bertz CT molecular complexity index is 997. The van der Waals surface area contributed by atoms with E-state index in [1.807, 2.05) is 37.3 Å². The molecule has 1 fully saturated rings. The number of nitrogens with one attached hydrogen (secondary N) is 1. The van der Waals surface area contributed by atoms with Crippen molar-refractivity contribution in [2.24, 2.45) is 5.73 Å². The predicted molar refractivity (Wildman–Crippen MR) is 120 cm³/mol. The number of nitrogens with zero attached hydrogens (tertiary/aromatic N) is 1. The molecular weight excluding hydrogens is 418 g/mol. The normalized spacial score (nSPS) is 17.2. The van der Waals surface area contributed by atoms with Crippen LogP contribution in [0.4, 0.5) is 5.69 Å². The van der Waals surface area contributed by atoms with Crippen LogP contribution in [0.2, 0.25) is 0 Å². The molecule has 1 amide bonds. The van der Waals surface area contributed by atoms with Crippen molar-refractivity contribution >= 4 is 21.6 Å². The molecule has 0 aromatic heterocycles. The molecule has 3 rings (SSSR count). The molecule has 8 nitrogen and oxygen atoms in total. The van der Waals surface area contributed by atoms with Crippen molar-refractivity contribution < 1.29 is 23.1 Å². The molecule has 9 heteroatoms. The highest BCUT2D eigenvalue weighted by Gasteiger charge is 2.30.